The van der Waals surface area contributed by atoms with E-state index in [1.54, 1.807) is 27.6 Å². The lowest BCUT2D eigenvalue weighted by Crippen LogP contribution is -2.47. The predicted molar refractivity (Wildman–Crippen MR) is 131 cm³/mol. The van der Waals surface area contributed by atoms with Crippen LogP contribution < -0.4 is 10.2 Å². The molecule has 3 aromatic rings. The maximum absolute atomic E-state index is 13.6. The quantitative estimate of drug-likeness (QED) is 0.505. The molecule has 1 atom stereocenters. The Labute approximate surface area is 221 Å². The van der Waals surface area contributed by atoms with Crippen molar-refractivity contribution >= 4 is 29.2 Å². The van der Waals surface area contributed by atoms with Crippen molar-refractivity contribution in [2.75, 3.05) is 29.9 Å². The molecule has 2 aliphatic rings. The fraction of sp³-hybridized carbons (Fsp3) is 0.400. The van der Waals surface area contributed by atoms with Crippen molar-refractivity contribution in [1.82, 2.24) is 24.6 Å². The largest absolute Gasteiger partial charge is 0.441 e. The van der Waals surface area contributed by atoms with Gasteiger partial charge in [0.2, 0.25) is 5.91 Å². The second kappa shape index (κ2) is 10.8. The summed E-state index contributed by atoms with van der Waals surface area (Å²) in [6, 6.07) is 0.445. The van der Waals surface area contributed by atoms with Gasteiger partial charge in [-0.3, -0.25) is 14.3 Å². The van der Waals surface area contributed by atoms with Crippen LogP contribution in [0.15, 0.2) is 35.2 Å². The lowest BCUT2D eigenvalue weighted by Gasteiger charge is -2.35. The average Bonchev–Trinajstić information content (AvgIpc) is 3.58. The topological polar surface area (TPSA) is 117 Å². The van der Waals surface area contributed by atoms with Crippen molar-refractivity contribution < 1.29 is 32.0 Å². The minimum atomic E-state index is -1.62. The average molecular weight is 546 g/mol. The minimum absolute atomic E-state index is 0.00161. The Kier molecular flexibility index (Phi) is 7.26. The van der Waals surface area contributed by atoms with Gasteiger partial charge < -0.3 is 24.4 Å². The second-order valence-corrected chi connectivity index (χ2v) is 9.45. The van der Waals surface area contributed by atoms with E-state index < -0.39 is 23.5 Å². The third-order valence-corrected chi connectivity index (χ3v) is 6.83. The summed E-state index contributed by atoms with van der Waals surface area (Å²) in [5.74, 6) is -4.91. The monoisotopic (exact) mass is 545 g/mol. The molecule has 2 aromatic heterocycles. The molecule has 0 saturated carbocycles. The van der Waals surface area contributed by atoms with E-state index in [2.05, 4.69) is 15.4 Å². The van der Waals surface area contributed by atoms with E-state index in [1.807, 2.05) is 0 Å². The summed E-state index contributed by atoms with van der Waals surface area (Å²) in [5, 5.41) is 6.84. The number of halogens is 3. The highest BCUT2D eigenvalue weighted by Crippen LogP contribution is 2.29. The van der Waals surface area contributed by atoms with Crippen molar-refractivity contribution in [2.24, 2.45) is 0 Å². The normalized spacial score (nSPS) is 18.3. The molecule has 1 saturated heterocycles. The first-order valence-corrected chi connectivity index (χ1v) is 12.5. The van der Waals surface area contributed by atoms with E-state index in [9.17, 15) is 27.6 Å². The predicted octanol–water partition coefficient (Wildman–Crippen LogP) is 3.38. The third-order valence-electron chi connectivity index (χ3n) is 6.83. The summed E-state index contributed by atoms with van der Waals surface area (Å²) in [7, 11) is 0. The zero-order chi connectivity index (χ0) is 27.7. The van der Waals surface area contributed by atoms with E-state index in [4.69, 9.17) is 4.42 Å². The fourth-order valence-corrected chi connectivity index (χ4v) is 4.84. The van der Waals surface area contributed by atoms with Crippen molar-refractivity contribution in [2.45, 2.75) is 45.3 Å². The van der Waals surface area contributed by atoms with Gasteiger partial charge in [-0.1, -0.05) is 0 Å². The molecule has 0 unspecified atom stereocenters. The number of rotatable bonds is 3. The highest BCUT2D eigenvalue weighted by molar-refractivity contribution is 5.94. The van der Waals surface area contributed by atoms with Crippen LogP contribution in [0.3, 0.4) is 0 Å². The van der Waals surface area contributed by atoms with Crippen molar-refractivity contribution in [3.8, 4) is 0 Å². The van der Waals surface area contributed by atoms with E-state index in [0.717, 1.165) is 0 Å². The summed E-state index contributed by atoms with van der Waals surface area (Å²) >= 11 is 0. The van der Waals surface area contributed by atoms with Gasteiger partial charge in [-0.15, -0.1) is 0 Å². The Balaban J connectivity index is 1.31. The van der Waals surface area contributed by atoms with Gasteiger partial charge in [-0.25, -0.2) is 22.9 Å². The molecule has 1 N–H and O–H groups in total. The Hall–Kier alpha value is -4.36. The number of oxazole rings is 1. The van der Waals surface area contributed by atoms with Crippen LogP contribution in [0.1, 0.15) is 42.6 Å². The number of hydrogen-bond donors (Lipinski definition) is 1. The zero-order valence-electron chi connectivity index (χ0n) is 21.1. The van der Waals surface area contributed by atoms with Crippen LogP contribution >= 0.6 is 0 Å². The number of nitrogens with one attached hydrogen (secondary N) is 1. The van der Waals surface area contributed by atoms with E-state index in [-0.39, 0.29) is 42.4 Å². The number of carbonyl (C=O) groups excluding carboxylic acids is 3. The van der Waals surface area contributed by atoms with Gasteiger partial charge in [0.25, 0.3) is 5.89 Å². The van der Waals surface area contributed by atoms with Gasteiger partial charge in [0.15, 0.2) is 17.5 Å². The van der Waals surface area contributed by atoms with Gasteiger partial charge in [0.1, 0.15) is 6.26 Å². The zero-order valence-corrected chi connectivity index (χ0v) is 21.1. The van der Waals surface area contributed by atoms with Gasteiger partial charge in [-0.05, 0) is 19.8 Å². The summed E-state index contributed by atoms with van der Waals surface area (Å²) in [6.07, 6.45) is 5.45. The molecule has 0 radical (unpaired) electrons. The highest BCUT2D eigenvalue weighted by atomic mass is 19.2. The number of benzene rings is 1. The number of nitrogens with zero attached hydrogens (tertiary/aromatic N) is 6. The van der Waals surface area contributed by atoms with Crippen LogP contribution in [0.4, 0.5) is 29.3 Å². The molecule has 4 heterocycles. The third kappa shape index (κ3) is 5.31. The molecular formula is C25H26F3N7O4. The standard InChI is InChI=1S/C25H26F3N7O4/c1-15-13-35-20(14-34(15)25(38)31-16-10-17(26)22(28)18(27)11-16)19(12-30-35)33-8-3-7-32(6-2-4-21(33)36)24(37)23-29-5-9-39-23/h5,9-12,15H,2-4,6-8,13-14H2,1H3,(H,31,38)/t15-/m0/s1. The molecule has 14 heteroatoms. The number of hydrogen-bond acceptors (Lipinski definition) is 6. The molecule has 0 bridgehead atoms. The molecular weight excluding hydrogens is 519 g/mol. The summed E-state index contributed by atoms with van der Waals surface area (Å²) in [4.78, 5) is 47.5. The minimum Gasteiger partial charge on any atom is -0.441 e. The molecule has 39 heavy (non-hydrogen) atoms. The SMILES string of the molecule is C[C@H]1Cn2ncc(N3CCCN(C(=O)c4ncco4)CCCC3=O)c2CN1C(=O)Nc1cc(F)c(F)c(F)c1. The summed E-state index contributed by atoms with van der Waals surface area (Å²) in [5.41, 5.74) is 0.957. The first kappa shape index (κ1) is 26.3. The van der Waals surface area contributed by atoms with Gasteiger partial charge in [-0.2, -0.15) is 5.10 Å². The number of amides is 4. The maximum atomic E-state index is 13.6. The molecule has 5 rings (SSSR count). The van der Waals surface area contributed by atoms with E-state index >= 15 is 0 Å². The molecule has 0 aliphatic carbocycles. The highest BCUT2D eigenvalue weighted by Gasteiger charge is 2.33. The van der Waals surface area contributed by atoms with Crippen LogP contribution in [0.25, 0.3) is 0 Å². The van der Waals surface area contributed by atoms with Crippen LogP contribution in [-0.2, 0) is 17.9 Å². The number of carbonyl (C=O) groups is 3. The fourth-order valence-electron chi connectivity index (χ4n) is 4.84. The molecule has 2 aliphatic heterocycles. The van der Waals surface area contributed by atoms with Crippen molar-refractivity contribution in [1.29, 1.82) is 0 Å². The van der Waals surface area contributed by atoms with Crippen LogP contribution in [0.5, 0.6) is 0 Å². The van der Waals surface area contributed by atoms with E-state index in [1.165, 1.54) is 17.4 Å². The van der Waals surface area contributed by atoms with Crippen LogP contribution in [0, 0.1) is 17.5 Å². The van der Waals surface area contributed by atoms with Gasteiger partial charge in [0, 0.05) is 43.9 Å². The molecule has 0 spiro atoms. The van der Waals surface area contributed by atoms with Crippen LogP contribution in [-0.4, -0.2) is 68.1 Å². The Morgan fingerprint density at radius 3 is 2.56 bits per heavy atom. The smallest absolute Gasteiger partial charge is 0.322 e. The van der Waals surface area contributed by atoms with Gasteiger partial charge in [0.05, 0.1) is 42.9 Å². The van der Waals surface area contributed by atoms with Crippen LogP contribution in [0.2, 0.25) is 0 Å². The number of urea groups is 1. The van der Waals surface area contributed by atoms with Gasteiger partial charge >= 0.3 is 11.9 Å². The lowest BCUT2D eigenvalue weighted by molar-refractivity contribution is -0.118. The molecule has 1 aromatic carbocycles. The first-order chi connectivity index (χ1) is 18.7. The lowest BCUT2D eigenvalue weighted by atomic mass is 10.1. The van der Waals surface area contributed by atoms with Crippen molar-refractivity contribution in [3.05, 3.63) is 59.8 Å². The number of aromatic nitrogens is 3. The number of fused-ring (bicyclic) bond motifs is 1. The Morgan fingerprint density at radius 1 is 1.10 bits per heavy atom. The summed E-state index contributed by atoms with van der Waals surface area (Å²) < 4.78 is 47.4. The Bertz CT molecular complexity index is 1370. The maximum Gasteiger partial charge on any atom is 0.322 e. The molecule has 206 valence electrons. The Morgan fingerprint density at radius 2 is 1.85 bits per heavy atom. The van der Waals surface area contributed by atoms with E-state index in [0.29, 0.717) is 62.5 Å². The number of anilines is 2. The molecule has 4 amide bonds. The summed E-state index contributed by atoms with van der Waals surface area (Å²) in [6.45, 7) is 3.29. The van der Waals surface area contributed by atoms with Crippen molar-refractivity contribution in [3.63, 3.8) is 0 Å². The first-order valence-electron chi connectivity index (χ1n) is 12.5. The molecule has 11 nitrogen and oxygen atoms in total. The molecule has 1 fully saturated rings. The second-order valence-electron chi connectivity index (χ2n) is 9.45.